The highest BCUT2D eigenvalue weighted by atomic mass is 35.5. The van der Waals surface area contributed by atoms with Gasteiger partial charge in [-0.2, -0.15) is 0 Å². The maximum absolute atomic E-state index is 12.6. The average molecular weight is 399 g/mol. The number of benzene rings is 2. The SMILES string of the molecule is CC(NC(=O)c1ccncc1)[C@H](Cc1ccc(Cl)cc1)c1ccc(Cl)cc1. The normalized spacial score (nSPS) is 13.0. The maximum Gasteiger partial charge on any atom is 0.251 e. The van der Waals surface area contributed by atoms with Crippen LogP contribution in [0.4, 0.5) is 0 Å². The number of nitrogens with zero attached hydrogens (tertiary/aromatic N) is 1. The average Bonchev–Trinajstić information content (AvgIpc) is 2.69. The van der Waals surface area contributed by atoms with Crippen LogP contribution in [0.15, 0.2) is 73.1 Å². The third-order valence-electron chi connectivity index (χ3n) is 4.57. The number of carbonyl (C=O) groups is 1. The molecule has 0 saturated carbocycles. The molecule has 0 aliphatic heterocycles. The fourth-order valence-electron chi connectivity index (χ4n) is 3.06. The van der Waals surface area contributed by atoms with E-state index in [-0.39, 0.29) is 17.9 Å². The topological polar surface area (TPSA) is 42.0 Å². The second-order valence-corrected chi connectivity index (χ2v) is 7.36. The molecule has 3 aromatic rings. The summed E-state index contributed by atoms with van der Waals surface area (Å²) in [5.41, 5.74) is 2.87. The lowest BCUT2D eigenvalue weighted by molar-refractivity contribution is 0.0934. The van der Waals surface area contributed by atoms with Crippen LogP contribution in [0, 0.1) is 0 Å². The number of hydrogen-bond donors (Lipinski definition) is 1. The highest BCUT2D eigenvalue weighted by molar-refractivity contribution is 6.30. The Morgan fingerprint density at radius 1 is 0.926 bits per heavy atom. The minimum absolute atomic E-state index is 0.0810. The van der Waals surface area contributed by atoms with E-state index in [2.05, 4.69) is 10.3 Å². The largest absolute Gasteiger partial charge is 0.349 e. The van der Waals surface area contributed by atoms with Crippen molar-refractivity contribution in [3.05, 3.63) is 99.8 Å². The van der Waals surface area contributed by atoms with Crippen LogP contribution >= 0.6 is 23.2 Å². The lowest BCUT2D eigenvalue weighted by Gasteiger charge is -2.26. The Labute approximate surface area is 169 Å². The van der Waals surface area contributed by atoms with Gasteiger partial charge in [-0.25, -0.2) is 0 Å². The lowest BCUT2D eigenvalue weighted by atomic mass is 9.86. The Hall–Kier alpha value is -2.36. The van der Waals surface area contributed by atoms with Gasteiger partial charge >= 0.3 is 0 Å². The van der Waals surface area contributed by atoms with Gasteiger partial charge in [-0.3, -0.25) is 9.78 Å². The Morgan fingerprint density at radius 3 is 2.07 bits per heavy atom. The summed E-state index contributed by atoms with van der Waals surface area (Å²) in [4.78, 5) is 16.5. The van der Waals surface area contributed by atoms with Crippen LogP contribution in [0.25, 0.3) is 0 Å². The summed E-state index contributed by atoms with van der Waals surface area (Å²) in [6.07, 6.45) is 4.00. The predicted octanol–water partition coefficient (Wildman–Crippen LogP) is 5.53. The first-order chi connectivity index (χ1) is 13.0. The molecule has 1 aromatic heterocycles. The fraction of sp³-hybridized carbons (Fsp3) is 0.182. The van der Waals surface area contributed by atoms with Gasteiger partial charge in [0, 0.05) is 40.0 Å². The number of carbonyl (C=O) groups excluding carboxylic acids is 1. The standard InChI is InChI=1S/C22H20Cl2N2O/c1-15(26-22(27)18-10-12-25-13-11-18)21(17-4-8-20(24)9-5-17)14-16-2-6-19(23)7-3-16/h2-13,15,21H,14H2,1H3,(H,26,27)/t15?,21-/m0/s1. The zero-order valence-electron chi connectivity index (χ0n) is 14.9. The van der Waals surface area contributed by atoms with Crippen LogP contribution in [0.2, 0.25) is 10.0 Å². The van der Waals surface area contributed by atoms with E-state index in [4.69, 9.17) is 23.2 Å². The molecule has 27 heavy (non-hydrogen) atoms. The van der Waals surface area contributed by atoms with Crippen LogP contribution in [-0.4, -0.2) is 16.9 Å². The molecule has 1 N–H and O–H groups in total. The fourth-order valence-corrected chi connectivity index (χ4v) is 3.31. The molecule has 1 heterocycles. The van der Waals surface area contributed by atoms with Gasteiger partial charge in [0.2, 0.25) is 0 Å². The van der Waals surface area contributed by atoms with E-state index in [1.807, 2.05) is 55.5 Å². The number of rotatable bonds is 6. The number of hydrogen-bond acceptors (Lipinski definition) is 2. The molecule has 0 radical (unpaired) electrons. The van der Waals surface area contributed by atoms with E-state index in [9.17, 15) is 4.79 Å². The molecule has 2 aromatic carbocycles. The van der Waals surface area contributed by atoms with Crippen molar-refractivity contribution in [2.45, 2.75) is 25.3 Å². The smallest absolute Gasteiger partial charge is 0.251 e. The first-order valence-corrected chi connectivity index (χ1v) is 9.49. The predicted molar refractivity (Wildman–Crippen MR) is 111 cm³/mol. The van der Waals surface area contributed by atoms with E-state index in [1.54, 1.807) is 24.5 Å². The van der Waals surface area contributed by atoms with Gasteiger partial charge < -0.3 is 5.32 Å². The number of halogens is 2. The van der Waals surface area contributed by atoms with Gasteiger partial charge in [-0.05, 0) is 60.9 Å². The second kappa shape index (κ2) is 9.03. The number of aromatic nitrogens is 1. The Bertz CT molecular complexity index is 880. The molecule has 138 valence electrons. The van der Waals surface area contributed by atoms with E-state index >= 15 is 0 Å². The molecule has 0 aliphatic carbocycles. The molecular weight excluding hydrogens is 379 g/mol. The van der Waals surface area contributed by atoms with Gasteiger partial charge in [-0.15, -0.1) is 0 Å². The molecule has 2 atom stereocenters. The maximum atomic E-state index is 12.6. The lowest BCUT2D eigenvalue weighted by Crippen LogP contribution is -2.37. The highest BCUT2D eigenvalue weighted by Crippen LogP contribution is 2.27. The number of amides is 1. The van der Waals surface area contributed by atoms with Crippen molar-refractivity contribution >= 4 is 29.1 Å². The van der Waals surface area contributed by atoms with E-state index in [0.29, 0.717) is 15.6 Å². The van der Waals surface area contributed by atoms with Crippen LogP contribution < -0.4 is 5.32 Å². The molecule has 1 unspecified atom stereocenters. The van der Waals surface area contributed by atoms with Crippen molar-refractivity contribution in [2.24, 2.45) is 0 Å². The van der Waals surface area contributed by atoms with E-state index in [1.165, 1.54) is 0 Å². The molecule has 5 heteroatoms. The van der Waals surface area contributed by atoms with Crippen molar-refractivity contribution in [3.63, 3.8) is 0 Å². The summed E-state index contributed by atoms with van der Waals surface area (Å²) in [7, 11) is 0. The summed E-state index contributed by atoms with van der Waals surface area (Å²) in [6, 6.07) is 18.9. The molecule has 0 bridgehead atoms. The summed E-state index contributed by atoms with van der Waals surface area (Å²) >= 11 is 12.1. The van der Waals surface area contributed by atoms with E-state index in [0.717, 1.165) is 17.5 Å². The molecule has 3 rings (SSSR count). The van der Waals surface area contributed by atoms with Gasteiger partial charge in [0.25, 0.3) is 5.91 Å². The van der Waals surface area contributed by atoms with Crippen molar-refractivity contribution in [2.75, 3.05) is 0 Å². The summed E-state index contributed by atoms with van der Waals surface area (Å²) < 4.78 is 0. The molecule has 1 amide bonds. The highest BCUT2D eigenvalue weighted by Gasteiger charge is 2.22. The quantitative estimate of drug-likeness (QED) is 0.592. The molecule has 0 aliphatic rings. The Kier molecular flexibility index (Phi) is 6.49. The monoisotopic (exact) mass is 398 g/mol. The number of nitrogens with one attached hydrogen (secondary N) is 1. The minimum Gasteiger partial charge on any atom is -0.349 e. The third-order valence-corrected chi connectivity index (χ3v) is 5.08. The van der Waals surface area contributed by atoms with Crippen molar-refractivity contribution in [1.82, 2.24) is 10.3 Å². The zero-order valence-corrected chi connectivity index (χ0v) is 16.4. The second-order valence-electron chi connectivity index (χ2n) is 6.49. The Balaban J connectivity index is 1.82. The summed E-state index contributed by atoms with van der Waals surface area (Å²) in [5.74, 6) is -0.0193. The van der Waals surface area contributed by atoms with Crippen LogP contribution in [0.3, 0.4) is 0 Å². The van der Waals surface area contributed by atoms with Gasteiger partial charge in [0.15, 0.2) is 0 Å². The first-order valence-electron chi connectivity index (χ1n) is 8.74. The minimum atomic E-state index is -0.111. The van der Waals surface area contributed by atoms with Gasteiger partial charge in [0.1, 0.15) is 0 Å². The molecular formula is C22H20Cl2N2O. The van der Waals surface area contributed by atoms with Crippen molar-refractivity contribution < 1.29 is 4.79 Å². The van der Waals surface area contributed by atoms with Gasteiger partial charge in [0.05, 0.1) is 0 Å². The number of pyridine rings is 1. The molecule has 0 saturated heterocycles. The molecule has 3 nitrogen and oxygen atoms in total. The third kappa shape index (κ3) is 5.31. The van der Waals surface area contributed by atoms with Crippen LogP contribution in [-0.2, 0) is 6.42 Å². The Morgan fingerprint density at radius 2 is 1.48 bits per heavy atom. The van der Waals surface area contributed by atoms with Crippen LogP contribution in [0.5, 0.6) is 0 Å². The van der Waals surface area contributed by atoms with Gasteiger partial charge in [-0.1, -0.05) is 47.5 Å². The summed E-state index contributed by atoms with van der Waals surface area (Å²) in [6.45, 7) is 2.02. The molecule has 0 spiro atoms. The van der Waals surface area contributed by atoms with Crippen molar-refractivity contribution in [1.29, 1.82) is 0 Å². The van der Waals surface area contributed by atoms with Crippen molar-refractivity contribution in [3.8, 4) is 0 Å². The van der Waals surface area contributed by atoms with E-state index < -0.39 is 0 Å². The zero-order chi connectivity index (χ0) is 19.2. The van der Waals surface area contributed by atoms with Crippen LogP contribution in [0.1, 0.15) is 34.3 Å². The molecule has 0 fully saturated rings. The first kappa shape index (κ1) is 19.4. The summed E-state index contributed by atoms with van der Waals surface area (Å²) in [5, 5.41) is 4.52.